The molecule has 0 aliphatic rings. The molecule has 8 aromatic rings. The van der Waals surface area contributed by atoms with E-state index in [0.29, 0.717) is 11.5 Å². The first-order chi connectivity index (χ1) is 20.5. The van der Waals surface area contributed by atoms with E-state index in [1.54, 1.807) is 11.3 Å². The zero-order chi connectivity index (χ0) is 28.4. The van der Waals surface area contributed by atoms with Crippen molar-refractivity contribution in [1.29, 1.82) is 0 Å². The van der Waals surface area contributed by atoms with Gasteiger partial charge in [-0.05, 0) is 69.1 Å². The molecule has 6 aromatic carbocycles. The molecule has 6 heteroatoms. The molecule has 2 nitrogen and oxygen atoms in total. The van der Waals surface area contributed by atoms with E-state index in [2.05, 4.69) is 66.0 Å². The Balaban J connectivity index is 1.39. The average Bonchev–Trinajstić information content (AvgIpc) is 3.66. The van der Waals surface area contributed by atoms with Crippen molar-refractivity contribution in [3.8, 4) is 28.2 Å². The van der Waals surface area contributed by atoms with E-state index in [0.717, 1.165) is 61.4 Å². The molecule has 2 aromatic heterocycles. The molecule has 0 aliphatic heterocycles. The molecule has 0 unspecified atom stereocenters. The molecule has 0 fully saturated rings. The second-order valence-corrected chi connectivity index (χ2v) is 11.3. The monoisotopic (exact) mass is 570 g/mol. The van der Waals surface area contributed by atoms with E-state index in [1.807, 2.05) is 41.0 Å². The van der Waals surface area contributed by atoms with E-state index in [4.69, 9.17) is 4.98 Å². The third-order valence-corrected chi connectivity index (χ3v) is 8.80. The third kappa shape index (κ3) is 3.90. The Bertz CT molecular complexity index is 2280. The summed E-state index contributed by atoms with van der Waals surface area (Å²) in [4.78, 5) is 5.19. The van der Waals surface area contributed by atoms with Crippen LogP contribution >= 0.6 is 11.3 Å². The molecule has 0 N–H and O–H groups in total. The predicted molar refractivity (Wildman–Crippen MR) is 167 cm³/mol. The summed E-state index contributed by atoms with van der Waals surface area (Å²) in [6.07, 6.45) is -4.41. The number of fused-ring (bicyclic) bond motifs is 7. The van der Waals surface area contributed by atoms with Gasteiger partial charge < -0.3 is 0 Å². The SMILES string of the molecule is FC(F)(F)c1ccc(-n2c(-c3ccc(-c4ccc5ccsc5c4)cc3)nc3c4ccccc4c4ccccc4c32)cc1. The number of imidazole rings is 1. The molecule has 0 atom stereocenters. The van der Waals surface area contributed by atoms with Gasteiger partial charge in [0.1, 0.15) is 5.82 Å². The Hall–Kier alpha value is -4.94. The van der Waals surface area contributed by atoms with Crippen LogP contribution in [0.4, 0.5) is 13.2 Å². The van der Waals surface area contributed by atoms with E-state index >= 15 is 0 Å². The summed E-state index contributed by atoms with van der Waals surface area (Å²) in [5.41, 5.74) is 4.71. The van der Waals surface area contributed by atoms with Gasteiger partial charge in [-0.15, -0.1) is 11.3 Å². The summed E-state index contributed by atoms with van der Waals surface area (Å²) in [6, 6.07) is 38.4. The van der Waals surface area contributed by atoms with Gasteiger partial charge in [0.2, 0.25) is 0 Å². The van der Waals surface area contributed by atoms with E-state index in [9.17, 15) is 13.2 Å². The van der Waals surface area contributed by atoms with Crippen LogP contribution in [0.5, 0.6) is 0 Å². The molecule has 202 valence electrons. The highest BCUT2D eigenvalue weighted by Gasteiger charge is 2.30. The third-order valence-electron chi connectivity index (χ3n) is 7.92. The van der Waals surface area contributed by atoms with Gasteiger partial charge in [-0.1, -0.05) is 84.9 Å². The first kappa shape index (κ1) is 24.8. The molecule has 0 saturated carbocycles. The van der Waals surface area contributed by atoms with Crippen LogP contribution in [0.2, 0.25) is 0 Å². The van der Waals surface area contributed by atoms with Crippen molar-refractivity contribution in [2.75, 3.05) is 0 Å². The highest BCUT2D eigenvalue weighted by Crippen LogP contribution is 2.40. The topological polar surface area (TPSA) is 17.8 Å². The van der Waals surface area contributed by atoms with Crippen molar-refractivity contribution in [3.63, 3.8) is 0 Å². The summed E-state index contributed by atoms with van der Waals surface area (Å²) in [6.45, 7) is 0. The van der Waals surface area contributed by atoms with Gasteiger partial charge >= 0.3 is 6.18 Å². The maximum Gasteiger partial charge on any atom is 0.416 e. The molecule has 2 heterocycles. The molecule has 42 heavy (non-hydrogen) atoms. The number of thiophene rings is 1. The van der Waals surface area contributed by atoms with Crippen molar-refractivity contribution < 1.29 is 13.2 Å². The number of halogens is 3. The quantitative estimate of drug-likeness (QED) is 0.193. The molecule has 8 rings (SSSR count). The zero-order valence-electron chi connectivity index (χ0n) is 22.1. The smallest absolute Gasteiger partial charge is 0.292 e. The van der Waals surface area contributed by atoms with Crippen LogP contribution in [-0.4, -0.2) is 9.55 Å². The van der Waals surface area contributed by atoms with Crippen LogP contribution in [0.15, 0.2) is 127 Å². The first-order valence-corrected chi connectivity index (χ1v) is 14.4. The molecule has 0 bridgehead atoms. The highest BCUT2D eigenvalue weighted by molar-refractivity contribution is 7.17. The van der Waals surface area contributed by atoms with Gasteiger partial charge in [-0.2, -0.15) is 13.2 Å². The normalized spacial score (nSPS) is 12.2. The second kappa shape index (κ2) is 9.29. The minimum absolute atomic E-state index is 0.619. The minimum Gasteiger partial charge on any atom is -0.292 e. The minimum atomic E-state index is -4.41. The average molecular weight is 571 g/mol. The van der Waals surface area contributed by atoms with Crippen LogP contribution in [0.3, 0.4) is 0 Å². The number of rotatable bonds is 3. The fourth-order valence-electron chi connectivity index (χ4n) is 5.90. The first-order valence-electron chi connectivity index (χ1n) is 13.5. The molecule has 0 amide bonds. The fraction of sp³-hybridized carbons (Fsp3) is 0.0278. The van der Waals surface area contributed by atoms with Crippen LogP contribution in [0, 0.1) is 0 Å². The van der Waals surface area contributed by atoms with Crippen molar-refractivity contribution in [2.24, 2.45) is 0 Å². The van der Waals surface area contributed by atoms with Gasteiger partial charge in [-0.3, -0.25) is 4.57 Å². The lowest BCUT2D eigenvalue weighted by Gasteiger charge is -2.14. The fourth-order valence-corrected chi connectivity index (χ4v) is 6.72. The van der Waals surface area contributed by atoms with E-state index in [-0.39, 0.29) is 0 Å². The van der Waals surface area contributed by atoms with Crippen LogP contribution in [0.1, 0.15) is 5.56 Å². The van der Waals surface area contributed by atoms with Crippen LogP contribution in [-0.2, 0) is 6.18 Å². The Labute approximate surface area is 242 Å². The summed E-state index contributed by atoms with van der Waals surface area (Å²) in [5, 5.41) is 7.47. The summed E-state index contributed by atoms with van der Waals surface area (Å²) >= 11 is 1.72. The van der Waals surface area contributed by atoms with E-state index < -0.39 is 11.7 Å². The maximum atomic E-state index is 13.5. The molecule has 0 saturated heterocycles. The molecular formula is C36H21F3N2S. The molecule has 0 aliphatic carbocycles. The van der Waals surface area contributed by atoms with E-state index in [1.165, 1.54) is 22.2 Å². The van der Waals surface area contributed by atoms with Gasteiger partial charge in [0, 0.05) is 26.7 Å². The maximum absolute atomic E-state index is 13.5. The number of alkyl halides is 3. The lowest BCUT2D eigenvalue weighted by molar-refractivity contribution is -0.137. The lowest BCUT2D eigenvalue weighted by Crippen LogP contribution is -2.05. The van der Waals surface area contributed by atoms with Crippen molar-refractivity contribution in [2.45, 2.75) is 6.18 Å². The van der Waals surface area contributed by atoms with Gasteiger partial charge in [0.15, 0.2) is 0 Å². The highest BCUT2D eigenvalue weighted by atomic mass is 32.1. The van der Waals surface area contributed by atoms with Gasteiger partial charge in [0.05, 0.1) is 16.6 Å². The summed E-state index contributed by atoms with van der Waals surface area (Å²) < 4.78 is 43.6. The Morgan fingerprint density at radius 1 is 0.595 bits per heavy atom. The van der Waals surface area contributed by atoms with Gasteiger partial charge in [0.25, 0.3) is 0 Å². The summed E-state index contributed by atoms with van der Waals surface area (Å²) in [5.74, 6) is 0.673. The molecule has 0 spiro atoms. The molecule has 0 radical (unpaired) electrons. The zero-order valence-corrected chi connectivity index (χ0v) is 22.9. The Kier molecular flexibility index (Phi) is 5.49. The summed E-state index contributed by atoms with van der Waals surface area (Å²) in [7, 11) is 0. The Morgan fingerprint density at radius 2 is 1.21 bits per heavy atom. The largest absolute Gasteiger partial charge is 0.416 e. The van der Waals surface area contributed by atoms with Crippen LogP contribution in [0.25, 0.3) is 70.9 Å². The van der Waals surface area contributed by atoms with Crippen molar-refractivity contribution in [3.05, 3.63) is 132 Å². The molecular weight excluding hydrogens is 549 g/mol. The second-order valence-electron chi connectivity index (χ2n) is 10.4. The number of aromatic nitrogens is 2. The van der Waals surface area contributed by atoms with Gasteiger partial charge in [-0.25, -0.2) is 4.98 Å². The van der Waals surface area contributed by atoms with Crippen molar-refractivity contribution in [1.82, 2.24) is 9.55 Å². The number of benzene rings is 6. The predicted octanol–water partition coefficient (Wildman–Crippen LogP) is 10.9. The lowest BCUT2D eigenvalue weighted by atomic mass is 10.00. The number of hydrogen-bond acceptors (Lipinski definition) is 2. The number of nitrogens with zero attached hydrogens (tertiary/aromatic N) is 2. The number of hydrogen-bond donors (Lipinski definition) is 0. The standard InChI is InChI=1S/C36H21F3N2S/c37-36(38,39)26-15-17-27(18-16-26)41-34-31-8-4-2-6-29(31)28-5-1-3-7-30(28)33(34)40-35(41)24-12-9-22(10-13-24)25-14-11-23-19-20-42-32(23)21-25/h1-21H. The Morgan fingerprint density at radius 3 is 1.93 bits per heavy atom. The van der Waals surface area contributed by atoms with Crippen molar-refractivity contribution >= 4 is 54.0 Å². The van der Waals surface area contributed by atoms with Crippen LogP contribution < -0.4 is 0 Å².